The predicted molar refractivity (Wildman–Crippen MR) is 97.4 cm³/mol. The number of nitrogen functional groups attached to an aromatic ring is 2. The molecule has 6 heteroatoms. The molecule has 0 saturated heterocycles. The molecule has 0 radical (unpaired) electrons. The molecule has 0 aromatic heterocycles. The third-order valence-electron chi connectivity index (χ3n) is 4.31. The summed E-state index contributed by atoms with van der Waals surface area (Å²) in [4.78, 5) is 0. The van der Waals surface area contributed by atoms with E-state index in [1.54, 1.807) is 36.4 Å². The molecule has 0 unspecified atom stereocenters. The summed E-state index contributed by atoms with van der Waals surface area (Å²) in [5, 5.41) is 0. The first-order chi connectivity index (χ1) is 11.6. The predicted octanol–water partition coefficient (Wildman–Crippen LogP) is 4.83. The summed E-state index contributed by atoms with van der Waals surface area (Å²) in [6, 6.07) is 14.1. The van der Waals surface area contributed by atoms with Crippen LogP contribution in [0.4, 0.5) is 11.4 Å². The second kappa shape index (κ2) is 7.18. The summed E-state index contributed by atoms with van der Waals surface area (Å²) in [5.74, 6) is 0.779. The average molecular weight is 346 g/mol. The third-order valence-corrected chi connectivity index (χ3v) is 6.62. The van der Waals surface area contributed by atoms with Crippen molar-refractivity contribution in [2.24, 2.45) is 0 Å². The van der Waals surface area contributed by atoms with Crippen molar-refractivity contribution in [3.63, 3.8) is 0 Å². The number of hydrogen-bond acceptors (Lipinski definition) is 5. The van der Waals surface area contributed by atoms with Crippen LogP contribution in [0.15, 0.2) is 48.5 Å². The standard InChI is InChI=1S/C18H23N2O3P/c19-15-10-4-6-12-17(15)22-24(21,14-8-2-1-3-9-14)23-18-13-7-5-11-16(18)20/h4-7,10-14H,1-3,8-9,19-20H2. The molecule has 1 aliphatic rings. The number of rotatable bonds is 5. The van der Waals surface area contributed by atoms with Crippen LogP contribution in [0, 0.1) is 0 Å². The van der Waals surface area contributed by atoms with Crippen LogP contribution in [0.2, 0.25) is 0 Å². The lowest BCUT2D eigenvalue weighted by Crippen LogP contribution is -2.20. The molecule has 4 N–H and O–H groups in total. The highest BCUT2D eigenvalue weighted by molar-refractivity contribution is 7.55. The van der Waals surface area contributed by atoms with Crippen molar-refractivity contribution in [1.82, 2.24) is 0 Å². The number of benzene rings is 2. The fourth-order valence-electron chi connectivity index (χ4n) is 2.97. The van der Waals surface area contributed by atoms with Crippen molar-refractivity contribution >= 4 is 19.0 Å². The molecule has 128 valence electrons. The van der Waals surface area contributed by atoms with E-state index in [9.17, 15) is 4.57 Å². The van der Waals surface area contributed by atoms with Gasteiger partial charge in [0, 0.05) is 0 Å². The SMILES string of the molecule is Nc1ccccc1OP(=O)(Oc1ccccc1N)C1CCCCC1. The second-order valence-electron chi connectivity index (χ2n) is 6.09. The van der Waals surface area contributed by atoms with Crippen LogP contribution >= 0.6 is 7.60 Å². The van der Waals surface area contributed by atoms with Gasteiger partial charge < -0.3 is 20.5 Å². The first-order valence-electron chi connectivity index (χ1n) is 8.26. The van der Waals surface area contributed by atoms with Gasteiger partial charge in [0.05, 0.1) is 17.0 Å². The molecule has 0 spiro atoms. The molecule has 0 amide bonds. The molecule has 2 aromatic carbocycles. The summed E-state index contributed by atoms with van der Waals surface area (Å²) in [7, 11) is -3.45. The minimum Gasteiger partial charge on any atom is -0.414 e. The Bertz CT molecular complexity index is 693. The lowest BCUT2D eigenvalue weighted by atomic mass is 10.0. The Morgan fingerprint density at radius 2 is 1.25 bits per heavy atom. The Hall–Kier alpha value is -2.13. The summed E-state index contributed by atoms with van der Waals surface area (Å²) in [6.07, 6.45) is 4.83. The number of anilines is 2. The first kappa shape index (κ1) is 16.7. The zero-order valence-corrected chi connectivity index (χ0v) is 14.5. The van der Waals surface area contributed by atoms with E-state index in [4.69, 9.17) is 20.5 Å². The number of para-hydroxylation sites is 4. The first-order valence-corrected chi connectivity index (χ1v) is 9.87. The Morgan fingerprint density at radius 3 is 1.71 bits per heavy atom. The van der Waals surface area contributed by atoms with Gasteiger partial charge in [-0.15, -0.1) is 0 Å². The van der Waals surface area contributed by atoms with E-state index in [0.29, 0.717) is 22.9 Å². The summed E-state index contributed by atoms with van der Waals surface area (Å²) >= 11 is 0. The smallest absolute Gasteiger partial charge is 0.414 e. The van der Waals surface area contributed by atoms with Crippen LogP contribution in [0.1, 0.15) is 32.1 Å². The van der Waals surface area contributed by atoms with E-state index in [1.165, 1.54) is 0 Å². The third kappa shape index (κ3) is 3.68. The quantitative estimate of drug-likeness (QED) is 0.598. The van der Waals surface area contributed by atoms with Crippen molar-refractivity contribution in [2.45, 2.75) is 37.8 Å². The van der Waals surface area contributed by atoms with E-state index in [1.807, 2.05) is 12.1 Å². The molecule has 1 fully saturated rings. The second-order valence-corrected chi connectivity index (χ2v) is 8.27. The van der Waals surface area contributed by atoms with E-state index in [2.05, 4.69) is 0 Å². The molecule has 1 aliphatic carbocycles. The van der Waals surface area contributed by atoms with Crippen LogP contribution in [-0.2, 0) is 4.57 Å². The highest BCUT2D eigenvalue weighted by atomic mass is 31.2. The maximum Gasteiger partial charge on any atom is 0.433 e. The zero-order chi connectivity index (χ0) is 17.0. The highest BCUT2D eigenvalue weighted by Crippen LogP contribution is 2.58. The van der Waals surface area contributed by atoms with Crippen LogP contribution < -0.4 is 20.5 Å². The molecule has 0 atom stereocenters. The van der Waals surface area contributed by atoms with Gasteiger partial charge in [-0.3, -0.25) is 0 Å². The van der Waals surface area contributed by atoms with E-state index in [0.717, 1.165) is 32.1 Å². The molecular formula is C18H23N2O3P. The molecule has 0 aliphatic heterocycles. The van der Waals surface area contributed by atoms with Gasteiger partial charge in [0.1, 0.15) is 0 Å². The van der Waals surface area contributed by atoms with E-state index in [-0.39, 0.29) is 5.66 Å². The topological polar surface area (TPSA) is 87.6 Å². The maximum atomic E-state index is 13.7. The Labute approximate surface area is 142 Å². The summed E-state index contributed by atoms with van der Waals surface area (Å²) in [5.41, 5.74) is 12.6. The summed E-state index contributed by atoms with van der Waals surface area (Å²) < 4.78 is 25.4. The molecule has 5 nitrogen and oxygen atoms in total. The Morgan fingerprint density at radius 1 is 0.792 bits per heavy atom. The van der Waals surface area contributed by atoms with Crippen molar-refractivity contribution in [3.05, 3.63) is 48.5 Å². The zero-order valence-electron chi connectivity index (χ0n) is 13.6. The fourth-order valence-corrected chi connectivity index (χ4v) is 5.18. The fraction of sp³-hybridized carbons (Fsp3) is 0.333. The molecule has 2 aromatic rings. The van der Waals surface area contributed by atoms with Gasteiger partial charge in [-0.2, -0.15) is 0 Å². The monoisotopic (exact) mass is 346 g/mol. The van der Waals surface area contributed by atoms with Gasteiger partial charge in [0.25, 0.3) is 0 Å². The van der Waals surface area contributed by atoms with Gasteiger partial charge in [0.2, 0.25) is 0 Å². The molecule has 24 heavy (non-hydrogen) atoms. The lowest BCUT2D eigenvalue weighted by Gasteiger charge is -2.30. The number of hydrogen-bond donors (Lipinski definition) is 2. The van der Waals surface area contributed by atoms with Crippen molar-refractivity contribution in [2.75, 3.05) is 11.5 Å². The Kier molecular flexibility index (Phi) is 5.00. The summed E-state index contributed by atoms with van der Waals surface area (Å²) in [6.45, 7) is 0. The van der Waals surface area contributed by atoms with Gasteiger partial charge >= 0.3 is 7.60 Å². The van der Waals surface area contributed by atoms with Crippen molar-refractivity contribution in [1.29, 1.82) is 0 Å². The molecule has 1 saturated carbocycles. The average Bonchev–Trinajstić information content (AvgIpc) is 2.60. The molecule has 0 heterocycles. The van der Waals surface area contributed by atoms with Gasteiger partial charge in [-0.25, -0.2) is 4.57 Å². The van der Waals surface area contributed by atoms with Gasteiger partial charge in [0.15, 0.2) is 11.5 Å². The lowest BCUT2D eigenvalue weighted by molar-refractivity contribution is 0.350. The maximum absolute atomic E-state index is 13.7. The Balaban J connectivity index is 1.93. The highest BCUT2D eigenvalue weighted by Gasteiger charge is 2.40. The van der Waals surface area contributed by atoms with Crippen molar-refractivity contribution in [3.8, 4) is 11.5 Å². The van der Waals surface area contributed by atoms with E-state index >= 15 is 0 Å². The van der Waals surface area contributed by atoms with Gasteiger partial charge in [-0.1, -0.05) is 43.5 Å². The number of nitrogens with two attached hydrogens (primary N) is 2. The van der Waals surface area contributed by atoms with Crippen LogP contribution in [0.3, 0.4) is 0 Å². The molecular weight excluding hydrogens is 323 g/mol. The van der Waals surface area contributed by atoms with E-state index < -0.39 is 7.60 Å². The van der Waals surface area contributed by atoms with Crippen molar-refractivity contribution < 1.29 is 13.6 Å². The largest absolute Gasteiger partial charge is 0.433 e. The molecule has 0 bridgehead atoms. The minimum atomic E-state index is -3.45. The molecule has 3 rings (SSSR count). The normalized spacial score (nSPS) is 15.8. The van der Waals surface area contributed by atoms with Crippen LogP contribution in [-0.4, -0.2) is 5.66 Å². The van der Waals surface area contributed by atoms with Gasteiger partial charge in [-0.05, 0) is 37.1 Å². The van der Waals surface area contributed by atoms with Crippen LogP contribution in [0.5, 0.6) is 11.5 Å². The van der Waals surface area contributed by atoms with Crippen LogP contribution in [0.25, 0.3) is 0 Å². The minimum absolute atomic E-state index is 0.148.